The van der Waals surface area contributed by atoms with Gasteiger partial charge in [0.2, 0.25) is 5.91 Å². The molecule has 1 aromatic heterocycles. The topological polar surface area (TPSA) is 66.4 Å². The largest absolute Gasteiger partial charge is 0.352 e. The van der Waals surface area contributed by atoms with E-state index in [4.69, 9.17) is 0 Å². The average Bonchev–Trinajstić information content (AvgIpc) is 2.79. The van der Waals surface area contributed by atoms with Crippen molar-refractivity contribution in [1.29, 1.82) is 0 Å². The number of piperazine rings is 1. The number of fused-ring (bicyclic) bond motifs is 1. The van der Waals surface area contributed by atoms with E-state index >= 15 is 0 Å². The maximum atomic E-state index is 12.5. The van der Waals surface area contributed by atoms with E-state index in [9.17, 15) is 9.59 Å². The SMILES string of the molecule is O=C(CCCC(=O)N1CCN(c2cnc3ccccc3n2)CC1)c1ccccc1. The lowest BCUT2D eigenvalue weighted by Gasteiger charge is -2.35. The molecular weight excluding hydrogens is 364 g/mol. The van der Waals surface area contributed by atoms with Crippen molar-refractivity contribution >= 4 is 28.5 Å². The summed E-state index contributed by atoms with van der Waals surface area (Å²) in [5, 5.41) is 0. The number of hydrogen-bond donors (Lipinski definition) is 0. The van der Waals surface area contributed by atoms with Gasteiger partial charge in [-0.1, -0.05) is 42.5 Å². The molecular formula is C23H24N4O2. The number of benzene rings is 2. The molecule has 0 radical (unpaired) electrons. The van der Waals surface area contributed by atoms with Crippen LogP contribution < -0.4 is 4.90 Å². The van der Waals surface area contributed by atoms with Gasteiger partial charge in [-0.2, -0.15) is 0 Å². The smallest absolute Gasteiger partial charge is 0.222 e. The van der Waals surface area contributed by atoms with Gasteiger partial charge in [-0.05, 0) is 18.6 Å². The lowest BCUT2D eigenvalue weighted by Crippen LogP contribution is -2.49. The Bertz CT molecular complexity index is 998. The number of nitrogens with zero attached hydrogens (tertiary/aromatic N) is 4. The first-order chi connectivity index (χ1) is 14.2. The highest BCUT2D eigenvalue weighted by molar-refractivity contribution is 5.96. The van der Waals surface area contributed by atoms with E-state index < -0.39 is 0 Å². The van der Waals surface area contributed by atoms with Crippen LogP contribution >= 0.6 is 0 Å². The maximum Gasteiger partial charge on any atom is 0.222 e. The third-order valence-corrected chi connectivity index (χ3v) is 5.28. The summed E-state index contributed by atoms with van der Waals surface area (Å²) in [6.45, 7) is 2.81. The molecule has 1 saturated heterocycles. The quantitative estimate of drug-likeness (QED) is 0.606. The monoisotopic (exact) mass is 388 g/mol. The summed E-state index contributed by atoms with van der Waals surface area (Å²) in [6.07, 6.45) is 3.20. The van der Waals surface area contributed by atoms with E-state index in [1.54, 1.807) is 6.20 Å². The van der Waals surface area contributed by atoms with Crippen LogP contribution in [0.1, 0.15) is 29.6 Å². The number of ketones is 1. The number of carbonyl (C=O) groups is 2. The molecule has 0 saturated carbocycles. The second kappa shape index (κ2) is 8.82. The highest BCUT2D eigenvalue weighted by atomic mass is 16.2. The molecule has 4 rings (SSSR count). The second-order valence-corrected chi connectivity index (χ2v) is 7.23. The van der Waals surface area contributed by atoms with E-state index in [2.05, 4.69) is 14.9 Å². The van der Waals surface area contributed by atoms with Crippen molar-refractivity contribution in [3.63, 3.8) is 0 Å². The fraction of sp³-hybridized carbons (Fsp3) is 0.304. The summed E-state index contributed by atoms with van der Waals surface area (Å²) in [5.41, 5.74) is 2.48. The fourth-order valence-electron chi connectivity index (χ4n) is 3.61. The first kappa shape index (κ1) is 19.1. The molecule has 0 unspecified atom stereocenters. The first-order valence-corrected chi connectivity index (χ1v) is 10.0. The minimum Gasteiger partial charge on any atom is -0.352 e. The van der Waals surface area contributed by atoms with E-state index in [0.717, 1.165) is 29.9 Å². The molecule has 0 N–H and O–H groups in total. The zero-order valence-electron chi connectivity index (χ0n) is 16.3. The van der Waals surface area contributed by atoms with E-state index in [1.807, 2.05) is 59.5 Å². The van der Waals surface area contributed by atoms with Gasteiger partial charge in [0.05, 0.1) is 17.2 Å². The van der Waals surface area contributed by atoms with Gasteiger partial charge in [0.15, 0.2) is 5.78 Å². The van der Waals surface area contributed by atoms with Crippen LogP contribution in [0.25, 0.3) is 11.0 Å². The Morgan fingerprint density at radius 1 is 0.828 bits per heavy atom. The van der Waals surface area contributed by atoms with Crippen LogP contribution in [0, 0.1) is 0 Å². The summed E-state index contributed by atoms with van der Waals surface area (Å²) >= 11 is 0. The van der Waals surface area contributed by atoms with Gasteiger partial charge in [-0.3, -0.25) is 14.6 Å². The fourth-order valence-corrected chi connectivity index (χ4v) is 3.61. The Hall–Kier alpha value is -3.28. The minimum absolute atomic E-state index is 0.0955. The summed E-state index contributed by atoms with van der Waals surface area (Å²) < 4.78 is 0. The molecule has 6 heteroatoms. The van der Waals surface area contributed by atoms with Crippen LogP contribution in [-0.4, -0.2) is 52.7 Å². The maximum absolute atomic E-state index is 12.5. The number of aromatic nitrogens is 2. The predicted molar refractivity (Wildman–Crippen MR) is 113 cm³/mol. The number of para-hydroxylation sites is 2. The van der Waals surface area contributed by atoms with E-state index in [1.165, 1.54) is 0 Å². The van der Waals surface area contributed by atoms with Crippen molar-refractivity contribution in [3.8, 4) is 0 Å². The summed E-state index contributed by atoms with van der Waals surface area (Å²) in [7, 11) is 0. The van der Waals surface area contributed by atoms with Crippen molar-refractivity contribution in [1.82, 2.24) is 14.9 Å². The Labute approximate surface area is 170 Å². The van der Waals surface area contributed by atoms with Gasteiger partial charge in [-0.15, -0.1) is 0 Å². The Morgan fingerprint density at radius 3 is 2.28 bits per heavy atom. The number of Topliss-reactive ketones (excluding diaryl/α,β-unsaturated/α-hetero) is 1. The highest BCUT2D eigenvalue weighted by Crippen LogP contribution is 2.17. The molecule has 148 valence electrons. The van der Waals surface area contributed by atoms with Crippen molar-refractivity contribution in [2.45, 2.75) is 19.3 Å². The van der Waals surface area contributed by atoms with Gasteiger partial charge in [0.1, 0.15) is 5.82 Å². The van der Waals surface area contributed by atoms with Crippen molar-refractivity contribution in [2.75, 3.05) is 31.1 Å². The van der Waals surface area contributed by atoms with Gasteiger partial charge in [0, 0.05) is 44.6 Å². The third kappa shape index (κ3) is 4.59. The summed E-state index contributed by atoms with van der Waals surface area (Å²) in [5.74, 6) is 1.07. The minimum atomic E-state index is 0.0955. The van der Waals surface area contributed by atoms with Crippen LogP contribution in [0.5, 0.6) is 0 Å². The second-order valence-electron chi connectivity index (χ2n) is 7.23. The van der Waals surface area contributed by atoms with Gasteiger partial charge < -0.3 is 9.80 Å². The number of rotatable bonds is 6. The standard InChI is InChI=1S/C23H24N4O2/c28-21(18-7-2-1-3-8-18)11-6-12-23(29)27-15-13-26(14-16-27)22-17-24-19-9-4-5-10-20(19)25-22/h1-5,7-10,17H,6,11-16H2. The molecule has 6 nitrogen and oxygen atoms in total. The molecule has 2 aromatic carbocycles. The molecule has 1 aliphatic rings. The van der Waals surface area contributed by atoms with Crippen LogP contribution in [0.3, 0.4) is 0 Å². The van der Waals surface area contributed by atoms with Crippen molar-refractivity contribution in [2.24, 2.45) is 0 Å². The highest BCUT2D eigenvalue weighted by Gasteiger charge is 2.22. The van der Waals surface area contributed by atoms with Crippen LogP contribution in [0.2, 0.25) is 0 Å². The van der Waals surface area contributed by atoms with E-state index in [-0.39, 0.29) is 11.7 Å². The predicted octanol–water partition coefficient (Wildman–Crippen LogP) is 3.33. The number of amides is 1. The van der Waals surface area contributed by atoms with Gasteiger partial charge >= 0.3 is 0 Å². The lowest BCUT2D eigenvalue weighted by molar-refractivity contribution is -0.131. The molecule has 1 fully saturated rings. The lowest BCUT2D eigenvalue weighted by atomic mass is 10.1. The molecule has 3 aromatic rings. The van der Waals surface area contributed by atoms with Gasteiger partial charge in [0.25, 0.3) is 0 Å². The van der Waals surface area contributed by atoms with Gasteiger partial charge in [-0.25, -0.2) is 4.98 Å². The molecule has 1 amide bonds. The van der Waals surface area contributed by atoms with Crippen molar-refractivity contribution < 1.29 is 9.59 Å². The third-order valence-electron chi connectivity index (χ3n) is 5.28. The zero-order chi connectivity index (χ0) is 20.1. The molecule has 2 heterocycles. The normalized spacial score (nSPS) is 14.2. The Morgan fingerprint density at radius 2 is 1.52 bits per heavy atom. The Balaban J connectivity index is 1.25. The molecule has 29 heavy (non-hydrogen) atoms. The molecule has 0 bridgehead atoms. The molecule has 0 aliphatic carbocycles. The Kier molecular flexibility index (Phi) is 5.79. The number of anilines is 1. The zero-order valence-corrected chi connectivity index (χ0v) is 16.3. The first-order valence-electron chi connectivity index (χ1n) is 10.0. The number of carbonyl (C=O) groups excluding carboxylic acids is 2. The number of hydrogen-bond acceptors (Lipinski definition) is 5. The van der Waals surface area contributed by atoms with E-state index in [0.29, 0.717) is 37.9 Å². The molecule has 0 spiro atoms. The van der Waals surface area contributed by atoms with Crippen molar-refractivity contribution in [3.05, 3.63) is 66.4 Å². The molecule has 0 atom stereocenters. The van der Waals surface area contributed by atoms with Crippen LogP contribution in [0.4, 0.5) is 5.82 Å². The average molecular weight is 388 g/mol. The van der Waals surface area contributed by atoms with Crippen LogP contribution in [-0.2, 0) is 4.79 Å². The summed E-state index contributed by atoms with van der Waals surface area (Å²) in [4.78, 5) is 37.9. The molecule has 1 aliphatic heterocycles. The van der Waals surface area contributed by atoms with Crippen LogP contribution in [0.15, 0.2) is 60.8 Å². The summed E-state index contributed by atoms with van der Waals surface area (Å²) in [6, 6.07) is 17.1.